The second-order valence-corrected chi connectivity index (χ2v) is 8.36. The number of sulfonamides is 1. The third kappa shape index (κ3) is 3.90. The molecule has 130 valence electrons. The zero-order valence-corrected chi connectivity index (χ0v) is 14.6. The van der Waals surface area contributed by atoms with Crippen molar-refractivity contribution in [2.24, 2.45) is 7.05 Å². The van der Waals surface area contributed by atoms with E-state index in [4.69, 9.17) is 4.74 Å². The van der Waals surface area contributed by atoms with Gasteiger partial charge in [-0.25, -0.2) is 12.7 Å². The highest BCUT2D eigenvalue weighted by Gasteiger charge is 2.30. The number of rotatable bonds is 4. The molecule has 3 rings (SSSR count). The number of piperidine rings is 1. The first-order chi connectivity index (χ1) is 10.9. The molecule has 9 heteroatoms. The van der Waals surface area contributed by atoms with E-state index < -0.39 is 10.0 Å². The first-order valence-electron chi connectivity index (χ1n) is 8.08. The number of hydrogen-bond donors (Lipinski definition) is 0. The maximum Gasteiger partial charge on any atom is 0.211 e. The van der Waals surface area contributed by atoms with Crippen molar-refractivity contribution in [2.75, 3.05) is 45.6 Å². The van der Waals surface area contributed by atoms with E-state index in [1.54, 1.807) is 4.31 Å². The highest BCUT2D eigenvalue weighted by atomic mass is 32.2. The molecule has 1 aromatic rings. The van der Waals surface area contributed by atoms with Crippen molar-refractivity contribution in [1.29, 1.82) is 0 Å². The van der Waals surface area contributed by atoms with Gasteiger partial charge in [-0.2, -0.15) is 0 Å². The van der Waals surface area contributed by atoms with Gasteiger partial charge in [0.15, 0.2) is 0 Å². The molecule has 0 saturated carbocycles. The van der Waals surface area contributed by atoms with Gasteiger partial charge in [0.2, 0.25) is 10.0 Å². The fraction of sp³-hybridized carbons (Fsp3) is 0.857. The van der Waals surface area contributed by atoms with Crippen LogP contribution in [0.15, 0.2) is 0 Å². The van der Waals surface area contributed by atoms with Crippen LogP contribution in [0.4, 0.5) is 0 Å². The average Bonchev–Trinajstić information content (AvgIpc) is 2.89. The number of hydrogen-bond acceptors (Lipinski definition) is 6. The first kappa shape index (κ1) is 16.8. The fourth-order valence-electron chi connectivity index (χ4n) is 3.28. The highest BCUT2D eigenvalue weighted by Crippen LogP contribution is 2.27. The normalized spacial score (nSPS) is 24.9. The van der Waals surface area contributed by atoms with Crippen LogP contribution in [0.1, 0.15) is 30.4 Å². The van der Waals surface area contributed by atoms with Crippen LogP contribution in [0.5, 0.6) is 0 Å². The Morgan fingerprint density at radius 3 is 2.65 bits per heavy atom. The molecule has 0 N–H and O–H groups in total. The Balaban J connectivity index is 1.70. The van der Waals surface area contributed by atoms with Gasteiger partial charge in [0.1, 0.15) is 11.6 Å². The molecule has 0 radical (unpaired) electrons. The molecule has 0 aromatic carbocycles. The molecule has 8 nitrogen and oxygen atoms in total. The summed E-state index contributed by atoms with van der Waals surface area (Å²) in [6, 6.07) is 0. The van der Waals surface area contributed by atoms with E-state index in [1.807, 2.05) is 11.6 Å². The molecule has 3 heterocycles. The summed E-state index contributed by atoms with van der Waals surface area (Å²) < 4.78 is 32.5. The molecule has 0 aliphatic carbocycles. The van der Waals surface area contributed by atoms with Crippen molar-refractivity contribution < 1.29 is 13.2 Å². The van der Waals surface area contributed by atoms with Gasteiger partial charge < -0.3 is 9.30 Å². The van der Waals surface area contributed by atoms with Gasteiger partial charge in [-0.15, -0.1) is 10.2 Å². The van der Waals surface area contributed by atoms with E-state index in [9.17, 15) is 8.42 Å². The lowest BCUT2D eigenvalue weighted by Gasteiger charge is -2.30. The standard InChI is InChI=1S/C14H25N5O3S/c1-17-13(11-18-6-8-22-9-7-18)15-16-14(17)12-4-3-5-19(10-12)23(2,20)21/h12H,3-11H2,1-2H3. The molecule has 2 fully saturated rings. The maximum absolute atomic E-state index is 11.8. The van der Waals surface area contributed by atoms with Crippen molar-refractivity contribution >= 4 is 10.0 Å². The van der Waals surface area contributed by atoms with Crippen molar-refractivity contribution in [3.63, 3.8) is 0 Å². The lowest BCUT2D eigenvalue weighted by molar-refractivity contribution is 0.0326. The third-order valence-electron chi connectivity index (χ3n) is 4.69. The quantitative estimate of drug-likeness (QED) is 0.752. The maximum atomic E-state index is 11.8. The lowest BCUT2D eigenvalue weighted by Crippen LogP contribution is -2.39. The predicted octanol–water partition coefficient (Wildman–Crippen LogP) is -0.214. The van der Waals surface area contributed by atoms with Gasteiger partial charge in [0.05, 0.1) is 26.0 Å². The van der Waals surface area contributed by atoms with E-state index in [0.29, 0.717) is 13.1 Å². The minimum Gasteiger partial charge on any atom is -0.379 e. The first-order valence-corrected chi connectivity index (χ1v) is 9.93. The molecule has 1 aromatic heterocycles. The van der Waals surface area contributed by atoms with Gasteiger partial charge in [0, 0.05) is 39.1 Å². The summed E-state index contributed by atoms with van der Waals surface area (Å²) in [6.45, 7) is 5.21. The molecular formula is C14H25N5O3S. The molecule has 0 amide bonds. The number of nitrogens with zero attached hydrogens (tertiary/aromatic N) is 5. The van der Waals surface area contributed by atoms with Crippen molar-refractivity contribution in [3.8, 4) is 0 Å². The van der Waals surface area contributed by atoms with Crippen LogP contribution in [0.3, 0.4) is 0 Å². The summed E-state index contributed by atoms with van der Waals surface area (Å²) >= 11 is 0. The molecule has 0 spiro atoms. The Hall–Kier alpha value is -1.03. The highest BCUT2D eigenvalue weighted by molar-refractivity contribution is 7.88. The molecule has 1 atom stereocenters. The molecule has 0 bridgehead atoms. The molecule has 2 saturated heterocycles. The molecular weight excluding hydrogens is 318 g/mol. The van der Waals surface area contributed by atoms with Crippen LogP contribution < -0.4 is 0 Å². The summed E-state index contributed by atoms with van der Waals surface area (Å²) in [5.74, 6) is 1.94. The smallest absolute Gasteiger partial charge is 0.211 e. The van der Waals surface area contributed by atoms with Gasteiger partial charge in [-0.1, -0.05) is 0 Å². The Labute approximate surface area is 137 Å². The second kappa shape index (κ2) is 6.84. The monoisotopic (exact) mass is 343 g/mol. The number of ether oxygens (including phenoxy) is 1. The molecule has 2 aliphatic heterocycles. The molecule has 23 heavy (non-hydrogen) atoms. The Morgan fingerprint density at radius 1 is 1.22 bits per heavy atom. The minimum atomic E-state index is -3.14. The van der Waals surface area contributed by atoms with Crippen molar-refractivity contribution in [2.45, 2.75) is 25.3 Å². The fourth-order valence-corrected chi connectivity index (χ4v) is 4.19. The zero-order valence-electron chi connectivity index (χ0n) is 13.8. The van der Waals surface area contributed by atoms with Crippen LogP contribution in [0.25, 0.3) is 0 Å². The van der Waals surface area contributed by atoms with Gasteiger partial charge >= 0.3 is 0 Å². The summed E-state index contributed by atoms with van der Waals surface area (Å²) in [5, 5.41) is 8.69. The van der Waals surface area contributed by atoms with Crippen LogP contribution in [0.2, 0.25) is 0 Å². The second-order valence-electron chi connectivity index (χ2n) is 6.38. The SMILES string of the molecule is Cn1c(CN2CCOCC2)nnc1C1CCCN(S(C)(=O)=O)C1. The predicted molar refractivity (Wildman–Crippen MR) is 85.5 cm³/mol. The van der Waals surface area contributed by atoms with E-state index >= 15 is 0 Å². The van der Waals surface area contributed by atoms with Crippen LogP contribution in [-0.2, 0) is 28.4 Å². The summed E-state index contributed by atoms with van der Waals surface area (Å²) in [5.41, 5.74) is 0. The molecule has 1 unspecified atom stereocenters. The largest absolute Gasteiger partial charge is 0.379 e. The third-order valence-corrected chi connectivity index (χ3v) is 5.96. The van der Waals surface area contributed by atoms with Gasteiger partial charge in [0.25, 0.3) is 0 Å². The van der Waals surface area contributed by atoms with Crippen LogP contribution >= 0.6 is 0 Å². The Morgan fingerprint density at radius 2 is 1.96 bits per heavy atom. The zero-order chi connectivity index (χ0) is 16.4. The topological polar surface area (TPSA) is 80.6 Å². The van der Waals surface area contributed by atoms with E-state index in [2.05, 4.69) is 15.1 Å². The Bertz CT molecular complexity index is 639. The number of aromatic nitrogens is 3. The van der Waals surface area contributed by atoms with Crippen LogP contribution in [0, 0.1) is 0 Å². The minimum absolute atomic E-state index is 0.120. The average molecular weight is 343 g/mol. The van der Waals surface area contributed by atoms with E-state index in [0.717, 1.165) is 57.3 Å². The lowest BCUT2D eigenvalue weighted by atomic mass is 9.99. The van der Waals surface area contributed by atoms with E-state index in [1.165, 1.54) is 6.26 Å². The van der Waals surface area contributed by atoms with Crippen molar-refractivity contribution in [3.05, 3.63) is 11.6 Å². The Kier molecular flexibility index (Phi) is 5.00. The van der Waals surface area contributed by atoms with E-state index in [-0.39, 0.29) is 5.92 Å². The van der Waals surface area contributed by atoms with Crippen LogP contribution in [-0.4, -0.2) is 78.0 Å². The molecule has 2 aliphatic rings. The summed E-state index contributed by atoms with van der Waals surface area (Å²) in [6.07, 6.45) is 3.09. The summed E-state index contributed by atoms with van der Waals surface area (Å²) in [4.78, 5) is 2.31. The van der Waals surface area contributed by atoms with Gasteiger partial charge in [-0.3, -0.25) is 4.90 Å². The van der Waals surface area contributed by atoms with Crippen molar-refractivity contribution in [1.82, 2.24) is 24.0 Å². The van der Waals surface area contributed by atoms with Gasteiger partial charge in [-0.05, 0) is 12.8 Å². The number of morpholine rings is 1. The summed E-state index contributed by atoms with van der Waals surface area (Å²) in [7, 11) is -1.17.